The van der Waals surface area contributed by atoms with Gasteiger partial charge in [-0.2, -0.15) is 4.98 Å². The zero-order valence-electron chi connectivity index (χ0n) is 16.7. The minimum atomic E-state index is -0.805. The standard InChI is InChI=1S/C21H23N5O3/c1-13-23-20(26-29-13)21(2,3)25-18(27)17-10-9-16(14-7-8-14)19(24-17)28-12-15-6-4-5-11-22-15/h4-6,9-11,14H,7-8,12H2,1-3H3,(H,25,27). The monoisotopic (exact) mass is 393 g/mol. The molecule has 3 aromatic heterocycles. The molecule has 0 unspecified atom stereocenters. The van der Waals surface area contributed by atoms with Crippen LogP contribution in [0.1, 0.15) is 66.1 Å². The number of hydrogen-bond donors (Lipinski definition) is 1. The summed E-state index contributed by atoms with van der Waals surface area (Å²) in [6.07, 6.45) is 3.94. The molecule has 1 aliphatic rings. The number of nitrogens with one attached hydrogen (secondary N) is 1. The lowest BCUT2D eigenvalue weighted by Gasteiger charge is -2.22. The molecule has 0 aromatic carbocycles. The molecule has 3 aromatic rings. The van der Waals surface area contributed by atoms with Crippen LogP contribution >= 0.6 is 0 Å². The van der Waals surface area contributed by atoms with Gasteiger partial charge in [-0.1, -0.05) is 17.3 Å². The molecule has 0 atom stereocenters. The lowest BCUT2D eigenvalue weighted by molar-refractivity contribution is 0.0901. The van der Waals surface area contributed by atoms with E-state index in [9.17, 15) is 4.79 Å². The van der Waals surface area contributed by atoms with Crippen LogP contribution in [0.25, 0.3) is 0 Å². The highest BCUT2D eigenvalue weighted by Gasteiger charge is 2.31. The normalized spacial score (nSPS) is 13.9. The average molecular weight is 393 g/mol. The van der Waals surface area contributed by atoms with Gasteiger partial charge in [0.2, 0.25) is 11.8 Å². The topological polar surface area (TPSA) is 103 Å². The van der Waals surface area contributed by atoms with E-state index in [1.54, 1.807) is 19.2 Å². The number of aryl methyl sites for hydroxylation is 1. The van der Waals surface area contributed by atoms with Gasteiger partial charge in [-0.05, 0) is 50.8 Å². The number of pyridine rings is 2. The third kappa shape index (κ3) is 4.42. The predicted molar refractivity (Wildman–Crippen MR) is 104 cm³/mol. The van der Waals surface area contributed by atoms with E-state index in [4.69, 9.17) is 9.26 Å². The maximum atomic E-state index is 12.8. The molecule has 1 aliphatic carbocycles. The van der Waals surface area contributed by atoms with E-state index in [0.717, 1.165) is 24.1 Å². The maximum absolute atomic E-state index is 12.8. The zero-order chi connectivity index (χ0) is 20.4. The Kier molecular flexibility index (Phi) is 5.00. The Morgan fingerprint density at radius 3 is 2.72 bits per heavy atom. The molecule has 4 rings (SSSR count). The molecule has 1 saturated carbocycles. The van der Waals surface area contributed by atoms with E-state index in [2.05, 4.69) is 25.4 Å². The molecule has 0 aliphatic heterocycles. The molecule has 0 radical (unpaired) electrons. The average Bonchev–Trinajstić information content (AvgIpc) is 3.46. The first-order chi connectivity index (χ1) is 13.9. The molecule has 0 saturated heterocycles. The molecule has 3 heterocycles. The van der Waals surface area contributed by atoms with Crippen LogP contribution in [0.2, 0.25) is 0 Å². The van der Waals surface area contributed by atoms with Crippen LogP contribution < -0.4 is 10.1 Å². The van der Waals surface area contributed by atoms with E-state index >= 15 is 0 Å². The van der Waals surface area contributed by atoms with Gasteiger partial charge in [0, 0.05) is 18.7 Å². The van der Waals surface area contributed by atoms with E-state index in [1.165, 1.54) is 0 Å². The van der Waals surface area contributed by atoms with Gasteiger partial charge >= 0.3 is 0 Å². The zero-order valence-corrected chi connectivity index (χ0v) is 16.7. The molecular formula is C21H23N5O3. The van der Waals surface area contributed by atoms with Gasteiger partial charge in [0.05, 0.1) is 11.2 Å². The van der Waals surface area contributed by atoms with Crippen molar-refractivity contribution >= 4 is 5.91 Å². The molecule has 29 heavy (non-hydrogen) atoms. The molecule has 1 amide bonds. The summed E-state index contributed by atoms with van der Waals surface area (Å²) in [6, 6.07) is 9.32. The van der Waals surface area contributed by atoms with Crippen molar-refractivity contribution < 1.29 is 14.1 Å². The summed E-state index contributed by atoms with van der Waals surface area (Å²) in [5.41, 5.74) is 1.31. The molecule has 1 fully saturated rings. The highest BCUT2D eigenvalue weighted by Crippen LogP contribution is 2.43. The van der Waals surface area contributed by atoms with Gasteiger partial charge < -0.3 is 14.6 Å². The number of carbonyl (C=O) groups is 1. The third-order valence-corrected chi connectivity index (χ3v) is 4.74. The minimum absolute atomic E-state index is 0.277. The number of rotatable bonds is 7. The maximum Gasteiger partial charge on any atom is 0.270 e. The highest BCUT2D eigenvalue weighted by molar-refractivity contribution is 5.93. The Labute approximate surface area is 168 Å². The lowest BCUT2D eigenvalue weighted by atomic mass is 10.0. The third-order valence-electron chi connectivity index (χ3n) is 4.74. The van der Waals surface area contributed by atoms with Gasteiger partial charge in [0.1, 0.15) is 12.3 Å². The number of nitrogens with zero attached hydrogens (tertiary/aromatic N) is 4. The van der Waals surface area contributed by atoms with Crippen LogP contribution in [0.4, 0.5) is 0 Å². The summed E-state index contributed by atoms with van der Waals surface area (Å²) in [7, 11) is 0. The molecule has 150 valence electrons. The largest absolute Gasteiger partial charge is 0.471 e. The van der Waals surface area contributed by atoms with Crippen molar-refractivity contribution in [2.45, 2.75) is 51.7 Å². The van der Waals surface area contributed by atoms with Crippen molar-refractivity contribution in [1.82, 2.24) is 25.4 Å². The number of carbonyl (C=O) groups excluding carboxylic acids is 1. The van der Waals surface area contributed by atoms with E-state index in [0.29, 0.717) is 30.1 Å². The van der Waals surface area contributed by atoms with Crippen LogP contribution in [-0.2, 0) is 12.1 Å². The quantitative estimate of drug-likeness (QED) is 0.657. The van der Waals surface area contributed by atoms with Crippen LogP contribution in [-0.4, -0.2) is 26.0 Å². The molecule has 0 bridgehead atoms. The number of hydrogen-bond acceptors (Lipinski definition) is 7. The fraction of sp³-hybridized carbons (Fsp3) is 0.381. The first kappa shape index (κ1) is 19.0. The summed E-state index contributed by atoms with van der Waals surface area (Å²) < 4.78 is 11.0. The molecule has 0 spiro atoms. The first-order valence-electron chi connectivity index (χ1n) is 9.59. The summed E-state index contributed by atoms with van der Waals surface area (Å²) in [4.78, 5) is 25.8. The van der Waals surface area contributed by atoms with Gasteiger partial charge in [-0.25, -0.2) is 4.98 Å². The second kappa shape index (κ2) is 7.62. The molecule has 1 N–H and O–H groups in total. The molecular weight excluding hydrogens is 370 g/mol. The fourth-order valence-corrected chi connectivity index (χ4v) is 2.98. The summed E-state index contributed by atoms with van der Waals surface area (Å²) >= 11 is 0. The Hall–Kier alpha value is -3.29. The fourth-order valence-electron chi connectivity index (χ4n) is 2.98. The van der Waals surface area contributed by atoms with Crippen LogP contribution in [0, 0.1) is 6.92 Å². The van der Waals surface area contributed by atoms with Crippen LogP contribution in [0.3, 0.4) is 0 Å². The van der Waals surface area contributed by atoms with Gasteiger partial charge in [0.25, 0.3) is 5.91 Å². The number of aromatic nitrogens is 4. The van der Waals surface area contributed by atoms with Gasteiger partial charge in [-0.15, -0.1) is 0 Å². The van der Waals surface area contributed by atoms with E-state index in [-0.39, 0.29) is 11.6 Å². The SMILES string of the molecule is Cc1nc(C(C)(C)NC(=O)c2ccc(C3CC3)c(OCc3ccccn3)n2)no1. The van der Waals surface area contributed by atoms with Gasteiger partial charge in [0.15, 0.2) is 5.82 Å². The van der Waals surface area contributed by atoms with Crippen molar-refractivity contribution in [2.75, 3.05) is 0 Å². The molecule has 8 heteroatoms. The number of amides is 1. The Morgan fingerprint density at radius 1 is 1.24 bits per heavy atom. The Bertz CT molecular complexity index is 1010. The highest BCUT2D eigenvalue weighted by atomic mass is 16.5. The van der Waals surface area contributed by atoms with Crippen molar-refractivity contribution in [3.05, 3.63) is 65.2 Å². The van der Waals surface area contributed by atoms with Gasteiger partial charge in [-0.3, -0.25) is 9.78 Å². The minimum Gasteiger partial charge on any atom is -0.471 e. The number of ether oxygens (including phenoxy) is 1. The van der Waals surface area contributed by atoms with Crippen LogP contribution in [0.5, 0.6) is 5.88 Å². The predicted octanol–water partition coefficient (Wildman–Crippen LogP) is 3.29. The lowest BCUT2D eigenvalue weighted by Crippen LogP contribution is -2.42. The second-order valence-electron chi connectivity index (χ2n) is 7.69. The Balaban J connectivity index is 1.53. The summed E-state index contributed by atoms with van der Waals surface area (Å²) in [5, 5.41) is 6.82. The Morgan fingerprint density at radius 2 is 2.07 bits per heavy atom. The summed E-state index contributed by atoms with van der Waals surface area (Å²) in [5.74, 6) is 1.45. The van der Waals surface area contributed by atoms with E-state index in [1.807, 2.05) is 38.1 Å². The van der Waals surface area contributed by atoms with Crippen LogP contribution in [0.15, 0.2) is 41.1 Å². The van der Waals surface area contributed by atoms with E-state index < -0.39 is 5.54 Å². The van der Waals surface area contributed by atoms with Crippen molar-refractivity contribution in [1.29, 1.82) is 0 Å². The van der Waals surface area contributed by atoms with Crippen molar-refractivity contribution in [2.24, 2.45) is 0 Å². The first-order valence-corrected chi connectivity index (χ1v) is 9.59. The second-order valence-corrected chi connectivity index (χ2v) is 7.69. The summed E-state index contributed by atoms with van der Waals surface area (Å²) in [6.45, 7) is 5.63. The van der Waals surface area contributed by atoms with Crippen molar-refractivity contribution in [3.8, 4) is 5.88 Å². The molecule has 8 nitrogen and oxygen atoms in total. The van der Waals surface area contributed by atoms with Crippen molar-refractivity contribution in [3.63, 3.8) is 0 Å². The smallest absolute Gasteiger partial charge is 0.270 e.